The summed E-state index contributed by atoms with van der Waals surface area (Å²) in [7, 11) is -4.78. The van der Waals surface area contributed by atoms with Gasteiger partial charge in [0, 0.05) is 19.0 Å². The molecular weight excluding hydrogens is 449 g/mol. The first-order chi connectivity index (χ1) is 14.0. The fourth-order valence-corrected chi connectivity index (χ4v) is 3.41. The van der Waals surface area contributed by atoms with Crippen molar-refractivity contribution >= 4 is 33.6 Å². The molecule has 1 aliphatic heterocycles. The van der Waals surface area contributed by atoms with Gasteiger partial charge in [-0.15, -0.1) is 5.06 Å². The van der Waals surface area contributed by atoms with Crippen LogP contribution >= 0.6 is 0 Å². The van der Waals surface area contributed by atoms with Crippen molar-refractivity contribution in [3.8, 4) is 0 Å². The topological polar surface area (TPSA) is 193 Å². The second kappa shape index (κ2) is 11.6. The molecule has 1 aliphatic rings. The molecule has 0 aromatic heterocycles. The van der Waals surface area contributed by atoms with Gasteiger partial charge in [0.25, 0.3) is 27.6 Å². The maximum absolute atomic E-state index is 11.8. The van der Waals surface area contributed by atoms with Gasteiger partial charge in [-0.05, 0) is 24.6 Å². The third-order valence-electron chi connectivity index (χ3n) is 4.19. The number of benzene rings is 1. The number of hydrogen-bond acceptors (Lipinski definition) is 10. The number of carbonyl (C=O) groups is 3. The summed E-state index contributed by atoms with van der Waals surface area (Å²) in [5.74, 6) is -3.31. The van der Waals surface area contributed by atoms with Gasteiger partial charge in [0.2, 0.25) is 0 Å². The van der Waals surface area contributed by atoms with Crippen molar-refractivity contribution in [1.29, 1.82) is 0 Å². The number of aliphatic hydroxyl groups is 1. The molecule has 2 amide bonds. The van der Waals surface area contributed by atoms with Gasteiger partial charge < -0.3 is 16.7 Å². The number of nitrogens with zero attached hydrogens (tertiary/aromatic N) is 2. The minimum absolute atomic E-state index is 0. The largest absolute Gasteiger partial charge is 1.00 e. The number of amides is 2. The van der Waals surface area contributed by atoms with E-state index in [0.29, 0.717) is 18.7 Å². The molecule has 15 heteroatoms. The molecule has 2 rings (SSSR count). The first kappa shape index (κ1) is 27.1. The summed E-state index contributed by atoms with van der Waals surface area (Å²) in [6.07, 6.45) is -0.753. The summed E-state index contributed by atoms with van der Waals surface area (Å²) in [5, 5.41) is 21.1. The van der Waals surface area contributed by atoms with Gasteiger partial charge in [-0.2, -0.15) is 8.42 Å². The van der Waals surface area contributed by atoms with Gasteiger partial charge in [-0.25, -0.2) is 4.79 Å². The Bertz CT molecular complexity index is 975. The summed E-state index contributed by atoms with van der Waals surface area (Å²) >= 11 is 0. The number of hydroxylamine groups is 2. The van der Waals surface area contributed by atoms with Crippen LogP contribution in [-0.2, 0) is 42.5 Å². The van der Waals surface area contributed by atoms with Gasteiger partial charge in [-0.1, -0.05) is 6.07 Å². The van der Waals surface area contributed by atoms with E-state index in [0.717, 1.165) is 0 Å². The smallest absolute Gasteiger partial charge is 1.00 e. The normalized spacial score (nSPS) is 16.2. The van der Waals surface area contributed by atoms with E-state index in [-0.39, 0.29) is 60.1 Å². The van der Waals surface area contributed by atoms with E-state index in [4.69, 9.17) is 4.55 Å². The number of hydrogen-bond donors (Lipinski definition) is 3. The molecule has 1 aromatic carbocycles. The molecule has 1 fully saturated rings. The SMILES string of the molecule is O=C(CCCNCc1ccc([N+](=O)[O-])c(CO)c1)ON1C(=O)CC(S(=O)(=O)O)C1=O.[H-].[Na+]. The number of nitro groups is 1. The number of nitro benzene ring substituents is 1. The standard InChI is InChI=1S/C16H19N3O10S.Na.H/c20-9-11-6-10(3-4-12(11)19(24)25)8-17-5-1-2-15(22)29-18-14(21)7-13(16(18)23)30(26,27)28;;/h3-4,6,13,17,20H,1-2,5,7-9H2,(H,26,27,28);;/q;+1;-1. The third kappa shape index (κ3) is 7.31. The van der Waals surface area contributed by atoms with Crippen molar-refractivity contribution in [3.05, 3.63) is 39.4 Å². The number of nitrogens with one attached hydrogen (secondary N) is 1. The molecule has 13 nitrogen and oxygen atoms in total. The molecule has 0 bridgehead atoms. The molecule has 3 N–H and O–H groups in total. The predicted octanol–water partition coefficient (Wildman–Crippen LogP) is -3.45. The summed E-state index contributed by atoms with van der Waals surface area (Å²) in [4.78, 5) is 50.0. The maximum Gasteiger partial charge on any atom is 1.00 e. The van der Waals surface area contributed by atoms with Gasteiger partial charge in [0.15, 0.2) is 5.25 Å². The summed E-state index contributed by atoms with van der Waals surface area (Å²) in [6, 6.07) is 4.29. The van der Waals surface area contributed by atoms with E-state index < -0.39 is 51.1 Å². The molecule has 31 heavy (non-hydrogen) atoms. The third-order valence-corrected chi connectivity index (χ3v) is 5.28. The maximum atomic E-state index is 11.8. The average molecular weight is 469 g/mol. The summed E-state index contributed by atoms with van der Waals surface area (Å²) in [6.45, 7) is 0.137. The van der Waals surface area contributed by atoms with E-state index in [1.54, 1.807) is 0 Å². The fraction of sp³-hybridized carbons (Fsp3) is 0.438. The van der Waals surface area contributed by atoms with Crippen molar-refractivity contribution in [2.24, 2.45) is 0 Å². The molecule has 0 spiro atoms. The molecule has 1 atom stereocenters. The van der Waals surface area contributed by atoms with Crippen LogP contribution in [-0.4, -0.2) is 57.6 Å². The molecule has 1 heterocycles. The Kier molecular flexibility index (Phi) is 10.2. The van der Waals surface area contributed by atoms with Crippen LogP contribution < -0.4 is 34.9 Å². The zero-order valence-electron chi connectivity index (χ0n) is 17.5. The predicted molar refractivity (Wildman–Crippen MR) is 99.0 cm³/mol. The van der Waals surface area contributed by atoms with Crippen LogP contribution in [0.3, 0.4) is 0 Å². The molecule has 0 aliphatic carbocycles. The Morgan fingerprint density at radius 2 is 2.06 bits per heavy atom. The molecular formula is C16H20N3NaO10S. The number of aliphatic hydroxyl groups excluding tert-OH is 1. The van der Waals surface area contributed by atoms with Gasteiger partial charge in [0.1, 0.15) is 0 Å². The second-order valence-corrected chi connectivity index (χ2v) is 7.95. The van der Waals surface area contributed by atoms with Gasteiger partial charge >= 0.3 is 35.5 Å². The van der Waals surface area contributed by atoms with Crippen LogP contribution in [0.1, 0.15) is 31.8 Å². The van der Waals surface area contributed by atoms with E-state index in [1.807, 2.05) is 0 Å². The Morgan fingerprint density at radius 1 is 1.39 bits per heavy atom. The van der Waals surface area contributed by atoms with Crippen LogP contribution in [0.2, 0.25) is 0 Å². The van der Waals surface area contributed by atoms with Crippen LogP contribution in [0.4, 0.5) is 5.69 Å². The molecule has 0 saturated carbocycles. The molecule has 1 unspecified atom stereocenters. The average Bonchev–Trinajstić information content (AvgIpc) is 2.95. The first-order valence-electron chi connectivity index (χ1n) is 8.66. The molecule has 1 saturated heterocycles. The van der Waals surface area contributed by atoms with Crippen LogP contribution in [0.15, 0.2) is 18.2 Å². The van der Waals surface area contributed by atoms with Crippen molar-refractivity contribution in [1.82, 2.24) is 10.4 Å². The monoisotopic (exact) mass is 469 g/mol. The number of carbonyl (C=O) groups excluding carboxylic acids is 3. The minimum Gasteiger partial charge on any atom is -1.00 e. The zero-order chi connectivity index (χ0) is 22.5. The van der Waals surface area contributed by atoms with E-state index in [1.165, 1.54) is 18.2 Å². The van der Waals surface area contributed by atoms with E-state index >= 15 is 0 Å². The van der Waals surface area contributed by atoms with E-state index in [9.17, 15) is 38.0 Å². The van der Waals surface area contributed by atoms with Crippen LogP contribution in [0.25, 0.3) is 0 Å². The Balaban J connectivity index is 0.00000480. The van der Waals surface area contributed by atoms with Crippen molar-refractivity contribution in [2.75, 3.05) is 6.54 Å². The zero-order valence-corrected chi connectivity index (χ0v) is 19.3. The second-order valence-electron chi connectivity index (χ2n) is 6.36. The molecule has 1 aromatic rings. The van der Waals surface area contributed by atoms with Gasteiger partial charge in [-0.3, -0.25) is 24.3 Å². The van der Waals surface area contributed by atoms with Crippen molar-refractivity contribution < 1.29 is 73.2 Å². The van der Waals surface area contributed by atoms with Crippen molar-refractivity contribution in [2.45, 2.75) is 37.7 Å². The fourth-order valence-electron chi connectivity index (χ4n) is 2.70. The van der Waals surface area contributed by atoms with E-state index in [2.05, 4.69) is 10.2 Å². The van der Waals surface area contributed by atoms with Gasteiger partial charge in [0.05, 0.1) is 23.5 Å². The Hall–Kier alpha value is -1.94. The summed E-state index contributed by atoms with van der Waals surface area (Å²) < 4.78 is 31.0. The van der Waals surface area contributed by atoms with Crippen molar-refractivity contribution in [3.63, 3.8) is 0 Å². The van der Waals surface area contributed by atoms with Crippen LogP contribution in [0, 0.1) is 10.1 Å². The van der Waals surface area contributed by atoms with Crippen LogP contribution in [0.5, 0.6) is 0 Å². The Labute approximate surface area is 200 Å². The molecule has 0 radical (unpaired) electrons. The Morgan fingerprint density at radius 3 is 2.61 bits per heavy atom. The minimum atomic E-state index is -4.78. The number of imide groups is 1. The number of rotatable bonds is 10. The molecule has 166 valence electrons. The quantitative estimate of drug-likeness (QED) is 0.0770. The first-order valence-corrected chi connectivity index (χ1v) is 10.2. The summed E-state index contributed by atoms with van der Waals surface area (Å²) in [5.41, 5.74) is 0.661.